The van der Waals surface area contributed by atoms with E-state index < -0.39 is 0 Å². The van der Waals surface area contributed by atoms with Gasteiger partial charge in [-0.3, -0.25) is 4.79 Å². The zero-order valence-corrected chi connectivity index (χ0v) is 13.9. The zero-order valence-electron chi connectivity index (χ0n) is 13.9. The lowest BCUT2D eigenvalue weighted by Gasteiger charge is -2.60. The van der Waals surface area contributed by atoms with Crippen LogP contribution in [0.3, 0.4) is 0 Å². The van der Waals surface area contributed by atoms with Crippen LogP contribution in [-0.4, -0.2) is 30.6 Å². The Balaban J connectivity index is 1.58. The highest BCUT2D eigenvalue weighted by Gasteiger charge is 2.55. The number of amides is 1. The molecule has 0 radical (unpaired) electrons. The summed E-state index contributed by atoms with van der Waals surface area (Å²) in [7, 11) is 0. The van der Waals surface area contributed by atoms with Gasteiger partial charge in [-0.05, 0) is 31.2 Å². The molecule has 3 aliphatic rings. The first-order valence-electron chi connectivity index (χ1n) is 9.23. The highest BCUT2D eigenvalue weighted by Crippen LogP contribution is 2.57. The summed E-state index contributed by atoms with van der Waals surface area (Å²) >= 11 is 0. The second-order valence-electron chi connectivity index (χ2n) is 7.59. The summed E-state index contributed by atoms with van der Waals surface area (Å²) in [5.41, 5.74) is 1.68. The van der Waals surface area contributed by atoms with Crippen molar-refractivity contribution in [3.8, 4) is 0 Å². The van der Waals surface area contributed by atoms with Gasteiger partial charge in [0, 0.05) is 31.1 Å². The van der Waals surface area contributed by atoms with Crippen LogP contribution >= 0.6 is 0 Å². The maximum atomic E-state index is 13.1. The molecule has 2 saturated heterocycles. The summed E-state index contributed by atoms with van der Waals surface area (Å²) in [6.45, 7) is 2.46. The fourth-order valence-electron chi connectivity index (χ4n) is 4.98. The number of ether oxygens (including phenoxy) is 1. The summed E-state index contributed by atoms with van der Waals surface area (Å²) in [6.07, 6.45) is 8.35. The third-order valence-electron chi connectivity index (χ3n) is 6.20. The Kier molecular flexibility index (Phi) is 4.14. The smallest absolute Gasteiger partial charge is 0.226 e. The lowest BCUT2D eigenvalue weighted by Crippen LogP contribution is -2.62. The van der Waals surface area contributed by atoms with E-state index in [4.69, 9.17) is 4.74 Å². The number of hydrogen-bond donors (Lipinski definition) is 0. The van der Waals surface area contributed by atoms with E-state index in [1.807, 2.05) is 0 Å². The Hall–Kier alpha value is -1.35. The molecule has 23 heavy (non-hydrogen) atoms. The molecule has 4 rings (SSSR count). The molecule has 0 aromatic heterocycles. The molecule has 3 nitrogen and oxygen atoms in total. The van der Waals surface area contributed by atoms with Gasteiger partial charge in [0.1, 0.15) is 0 Å². The second kappa shape index (κ2) is 6.27. The molecule has 1 aromatic rings. The van der Waals surface area contributed by atoms with Crippen LogP contribution in [0.2, 0.25) is 0 Å². The predicted octanol–water partition coefficient (Wildman–Crippen LogP) is 3.95. The van der Waals surface area contributed by atoms with Crippen LogP contribution in [-0.2, 0) is 9.53 Å². The van der Waals surface area contributed by atoms with Gasteiger partial charge in [-0.1, -0.05) is 49.6 Å². The molecule has 1 saturated carbocycles. The monoisotopic (exact) mass is 313 g/mol. The molecular weight excluding hydrogens is 286 g/mol. The molecule has 1 spiro atoms. The molecule has 0 bridgehead atoms. The van der Waals surface area contributed by atoms with Gasteiger partial charge < -0.3 is 9.64 Å². The molecule has 2 heterocycles. The van der Waals surface area contributed by atoms with E-state index in [-0.39, 0.29) is 5.92 Å². The number of benzene rings is 1. The third-order valence-corrected chi connectivity index (χ3v) is 6.20. The number of hydrogen-bond acceptors (Lipinski definition) is 2. The van der Waals surface area contributed by atoms with Crippen molar-refractivity contribution in [1.29, 1.82) is 0 Å². The van der Waals surface area contributed by atoms with Gasteiger partial charge in [0.2, 0.25) is 5.91 Å². The Morgan fingerprint density at radius 3 is 2.43 bits per heavy atom. The minimum absolute atomic E-state index is 0.177. The molecule has 3 fully saturated rings. The van der Waals surface area contributed by atoms with Crippen LogP contribution < -0.4 is 0 Å². The first-order valence-corrected chi connectivity index (χ1v) is 9.23. The van der Waals surface area contributed by atoms with Gasteiger partial charge in [0.25, 0.3) is 0 Å². The molecule has 1 aromatic carbocycles. The summed E-state index contributed by atoms with van der Waals surface area (Å²) in [4.78, 5) is 15.3. The van der Waals surface area contributed by atoms with Crippen LogP contribution in [0.25, 0.3) is 0 Å². The van der Waals surface area contributed by atoms with Gasteiger partial charge in [0.05, 0.1) is 6.04 Å². The van der Waals surface area contributed by atoms with E-state index in [0.29, 0.717) is 17.4 Å². The average Bonchev–Trinajstić information content (AvgIpc) is 2.62. The fraction of sp³-hybridized carbons (Fsp3) is 0.650. The van der Waals surface area contributed by atoms with Crippen LogP contribution in [0.15, 0.2) is 30.3 Å². The van der Waals surface area contributed by atoms with Gasteiger partial charge in [-0.15, -0.1) is 0 Å². The Bertz CT molecular complexity index is 544. The van der Waals surface area contributed by atoms with E-state index in [0.717, 1.165) is 32.6 Å². The SMILES string of the molecule is O=C(C1CCOCC1)N1CC2(CCCCC2)[C@@H]1c1ccccc1. The third kappa shape index (κ3) is 2.69. The molecular formula is C20H27NO2. The number of likely N-dealkylation sites (tertiary alicyclic amines) is 1. The topological polar surface area (TPSA) is 29.5 Å². The summed E-state index contributed by atoms with van der Waals surface area (Å²) in [5, 5.41) is 0. The second-order valence-corrected chi connectivity index (χ2v) is 7.59. The van der Waals surface area contributed by atoms with Gasteiger partial charge >= 0.3 is 0 Å². The molecule has 124 valence electrons. The van der Waals surface area contributed by atoms with Crippen molar-refractivity contribution in [2.75, 3.05) is 19.8 Å². The Morgan fingerprint density at radius 1 is 1.04 bits per heavy atom. The van der Waals surface area contributed by atoms with Crippen molar-refractivity contribution < 1.29 is 9.53 Å². The highest BCUT2D eigenvalue weighted by molar-refractivity contribution is 5.80. The lowest BCUT2D eigenvalue weighted by atomic mass is 9.60. The first-order chi connectivity index (χ1) is 11.3. The number of nitrogens with zero attached hydrogens (tertiary/aromatic N) is 1. The largest absolute Gasteiger partial charge is 0.381 e. The normalized spacial score (nSPS) is 27.7. The minimum Gasteiger partial charge on any atom is -0.381 e. The van der Waals surface area contributed by atoms with E-state index in [2.05, 4.69) is 35.2 Å². The summed E-state index contributed by atoms with van der Waals surface area (Å²) in [5.74, 6) is 0.550. The number of rotatable bonds is 2. The van der Waals surface area contributed by atoms with Gasteiger partial charge in [0.15, 0.2) is 0 Å². The van der Waals surface area contributed by atoms with Crippen LogP contribution in [0.4, 0.5) is 0 Å². The van der Waals surface area contributed by atoms with E-state index in [1.165, 1.54) is 37.7 Å². The van der Waals surface area contributed by atoms with Crippen molar-refractivity contribution in [2.24, 2.45) is 11.3 Å². The van der Waals surface area contributed by atoms with Gasteiger partial charge in [-0.2, -0.15) is 0 Å². The fourth-order valence-corrected chi connectivity index (χ4v) is 4.98. The van der Waals surface area contributed by atoms with Crippen LogP contribution in [0.1, 0.15) is 56.6 Å². The van der Waals surface area contributed by atoms with Gasteiger partial charge in [-0.25, -0.2) is 0 Å². The van der Waals surface area contributed by atoms with E-state index >= 15 is 0 Å². The van der Waals surface area contributed by atoms with Crippen molar-refractivity contribution >= 4 is 5.91 Å². The minimum atomic E-state index is 0.177. The zero-order chi connectivity index (χ0) is 15.7. The molecule has 0 unspecified atom stereocenters. The van der Waals surface area contributed by atoms with Crippen molar-refractivity contribution in [3.05, 3.63) is 35.9 Å². The average molecular weight is 313 g/mol. The Labute approximate surface area is 139 Å². The molecule has 3 heteroatoms. The molecule has 0 N–H and O–H groups in total. The Morgan fingerprint density at radius 2 is 1.74 bits per heavy atom. The standard InChI is InChI=1S/C20H27NO2/c22-19(17-9-13-23-14-10-17)21-15-20(11-5-2-6-12-20)18(21)16-7-3-1-4-8-16/h1,3-4,7-8,17-18H,2,5-6,9-15H2/t18-/m0/s1. The molecule has 1 aliphatic carbocycles. The number of carbonyl (C=O) groups is 1. The maximum absolute atomic E-state index is 13.1. The molecule has 1 amide bonds. The maximum Gasteiger partial charge on any atom is 0.226 e. The quantitative estimate of drug-likeness (QED) is 0.827. The molecule has 2 aliphatic heterocycles. The number of carbonyl (C=O) groups excluding carboxylic acids is 1. The van der Waals surface area contributed by atoms with Crippen molar-refractivity contribution in [3.63, 3.8) is 0 Å². The first kappa shape index (κ1) is 15.2. The summed E-state index contributed by atoms with van der Waals surface area (Å²) in [6, 6.07) is 11.0. The van der Waals surface area contributed by atoms with E-state index in [9.17, 15) is 4.79 Å². The van der Waals surface area contributed by atoms with E-state index in [1.54, 1.807) is 0 Å². The summed E-state index contributed by atoms with van der Waals surface area (Å²) < 4.78 is 5.43. The highest BCUT2D eigenvalue weighted by atomic mass is 16.5. The predicted molar refractivity (Wildman–Crippen MR) is 90.0 cm³/mol. The van der Waals surface area contributed by atoms with Crippen LogP contribution in [0.5, 0.6) is 0 Å². The van der Waals surface area contributed by atoms with Crippen molar-refractivity contribution in [2.45, 2.75) is 51.0 Å². The lowest BCUT2D eigenvalue weighted by molar-refractivity contribution is -0.167. The van der Waals surface area contributed by atoms with Crippen LogP contribution in [0, 0.1) is 11.3 Å². The molecule has 1 atom stereocenters. The van der Waals surface area contributed by atoms with Crippen molar-refractivity contribution in [1.82, 2.24) is 4.90 Å².